The van der Waals surface area contributed by atoms with Gasteiger partial charge < -0.3 is 9.30 Å². The van der Waals surface area contributed by atoms with E-state index in [-0.39, 0.29) is 23.8 Å². The summed E-state index contributed by atoms with van der Waals surface area (Å²) in [5.74, 6) is -0.151. The van der Waals surface area contributed by atoms with Gasteiger partial charge in [0.05, 0.1) is 5.57 Å². The third kappa shape index (κ3) is 4.42. The number of thioether (sulfide) groups is 1. The highest BCUT2D eigenvalue weighted by atomic mass is 32.2. The molecular formula is C26H22FN5O2S. The zero-order valence-corrected chi connectivity index (χ0v) is 20.2. The van der Waals surface area contributed by atoms with Crippen molar-refractivity contribution in [3.63, 3.8) is 0 Å². The second-order valence-electron chi connectivity index (χ2n) is 8.26. The highest BCUT2D eigenvalue weighted by molar-refractivity contribution is 8.27. The van der Waals surface area contributed by atoms with Crippen LogP contribution in [0.25, 0.3) is 11.8 Å². The maximum absolute atomic E-state index is 13.8. The summed E-state index contributed by atoms with van der Waals surface area (Å²) in [5, 5.41) is 15.4. The number of carbonyl (C=O) groups is 1. The fourth-order valence-corrected chi connectivity index (χ4v) is 4.84. The third-order valence-corrected chi connectivity index (χ3v) is 6.57. The Bertz CT molecular complexity index is 1470. The van der Waals surface area contributed by atoms with Crippen molar-refractivity contribution in [2.75, 3.05) is 6.61 Å². The quantitative estimate of drug-likeness (QED) is 0.499. The van der Waals surface area contributed by atoms with Crippen molar-refractivity contribution < 1.29 is 13.9 Å². The summed E-state index contributed by atoms with van der Waals surface area (Å²) in [6.07, 6.45) is 1.64. The lowest BCUT2D eigenvalue weighted by Crippen LogP contribution is -2.35. The first-order chi connectivity index (χ1) is 16.8. The van der Waals surface area contributed by atoms with Crippen molar-refractivity contribution in [2.24, 2.45) is 10.1 Å². The predicted molar refractivity (Wildman–Crippen MR) is 137 cm³/mol. The number of amides is 1. The molecule has 35 heavy (non-hydrogen) atoms. The summed E-state index contributed by atoms with van der Waals surface area (Å²) in [4.78, 5) is 17.0. The van der Waals surface area contributed by atoms with Gasteiger partial charge in [0.1, 0.15) is 23.2 Å². The monoisotopic (exact) mass is 487 g/mol. The number of ether oxygens (including phenoxy) is 1. The SMILES string of the molecule is Cc1cccc(OCC2=NN3C(=N)/C(=C/c4cc(C)n(-c5cccc(F)c5)c4C)C(=O)N=C3S2)c1. The first-order valence-electron chi connectivity index (χ1n) is 10.9. The summed E-state index contributed by atoms with van der Waals surface area (Å²) in [5.41, 5.74) is 4.36. The molecule has 0 radical (unpaired) electrons. The van der Waals surface area contributed by atoms with Crippen molar-refractivity contribution >= 4 is 39.8 Å². The van der Waals surface area contributed by atoms with Crippen LogP contribution in [0, 0.1) is 32.0 Å². The molecule has 2 aliphatic heterocycles. The molecule has 0 atom stereocenters. The number of aromatic nitrogens is 1. The molecule has 3 heterocycles. The van der Waals surface area contributed by atoms with Gasteiger partial charge in [0.2, 0.25) is 5.17 Å². The molecule has 0 saturated heterocycles. The highest BCUT2D eigenvalue weighted by Crippen LogP contribution is 2.30. The molecule has 0 bridgehead atoms. The Morgan fingerprint density at radius 3 is 2.69 bits per heavy atom. The van der Waals surface area contributed by atoms with E-state index in [1.165, 1.54) is 28.9 Å². The molecule has 1 amide bonds. The zero-order valence-electron chi connectivity index (χ0n) is 19.4. The summed E-state index contributed by atoms with van der Waals surface area (Å²) in [6, 6.07) is 15.9. The van der Waals surface area contributed by atoms with Gasteiger partial charge in [-0.1, -0.05) is 18.2 Å². The lowest BCUT2D eigenvalue weighted by Gasteiger charge is -2.20. The van der Waals surface area contributed by atoms with E-state index in [0.29, 0.717) is 15.9 Å². The van der Waals surface area contributed by atoms with Gasteiger partial charge in [-0.25, -0.2) is 4.39 Å². The fraction of sp³-hybridized carbons (Fsp3) is 0.154. The van der Waals surface area contributed by atoms with Crippen molar-refractivity contribution in [1.29, 1.82) is 5.41 Å². The van der Waals surface area contributed by atoms with Gasteiger partial charge in [0, 0.05) is 17.1 Å². The van der Waals surface area contributed by atoms with Crippen molar-refractivity contribution in [1.82, 2.24) is 9.58 Å². The summed E-state index contributed by atoms with van der Waals surface area (Å²) < 4.78 is 21.5. The van der Waals surface area contributed by atoms with Crippen LogP contribution in [0.1, 0.15) is 22.5 Å². The van der Waals surface area contributed by atoms with Gasteiger partial charge in [-0.3, -0.25) is 10.2 Å². The number of hydrogen-bond donors (Lipinski definition) is 1. The van der Waals surface area contributed by atoms with Gasteiger partial charge in [0.15, 0.2) is 5.84 Å². The number of nitrogens with one attached hydrogen (secondary N) is 1. The second-order valence-corrected chi connectivity index (χ2v) is 9.30. The molecule has 176 valence electrons. The number of halogens is 1. The number of carbonyl (C=O) groups excluding carboxylic acids is 1. The number of benzene rings is 2. The highest BCUT2D eigenvalue weighted by Gasteiger charge is 2.36. The lowest BCUT2D eigenvalue weighted by molar-refractivity contribution is -0.114. The second kappa shape index (κ2) is 8.99. The average molecular weight is 488 g/mol. The van der Waals surface area contributed by atoms with E-state index in [1.807, 2.05) is 61.7 Å². The van der Waals surface area contributed by atoms with Crippen molar-refractivity contribution in [2.45, 2.75) is 20.8 Å². The molecule has 7 nitrogen and oxygen atoms in total. The third-order valence-electron chi connectivity index (χ3n) is 5.68. The first-order valence-corrected chi connectivity index (χ1v) is 11.8. The van der Waals surface area contributed by atoms with Gasteiger partial charge in [-0.2, -0.15) is 15.1 Å². The average Bonchev–Trinajstić information content (AvgIpc) is 3.35. The molecule has 2 aromatic carbocycles. The van der Waals surface area contributed by atoms with Gasteiger partial charge in [0.25, 0.3) is 5.91 Å². The number of aryl methyl sites for hydroxylation is 2. The van der Waals surface area contributed by atoms with E-state index in [2.05, 4.69) is 10.1 Å². The Labute approximate surface area is 206 Å². The largest absolute Gasteiger partial charge is 0.487 e. The van der Waals surface area contributed by atoms with Crippen molar-refractivity contribution in [3.05, 3.63) is 88.5 Å². The summed E-state index contributed by atoms with van der Waals surface area (Å²) in [6.45, 7) is 5.99. The first kappa shape index (κ1) is 22.8. The van der Waals surface area contributed by atoms with E-state index in [1.54, 1.807) is 12.1 Å². The normalized spacial score (nSPS) is 16.5. The van der Waals surface area contributed by atoms with Crippen LogP contribution >= 0.6 is 11.8 Å². The maximum Gasteiger partial charge on any atom is 0.283 e. The molecule has 0 saturated carbocycles. The topological polar surface area (TPSA) is 83.0 Å². The molecule has 5 rings (SSSR count). The summed E-state index contributed by atoms with van der Waals surface area (Å²) in [7, 11) is 0. The number of rotatable bonds is 5. The maximum atomic E-state index is 13.8. The van der Waals surface area contributed by atoms with Crippen LogP contribution in [0.15, 0.2) is 70.3 Å². The van der Waals surface area contributed by atoms with E-state index in [0.717, 1.165) is 28.3 Å². The molecule has 3 aromatic rings. The molecule has 2 aliphatic rings. The minimum atomic E-state index is -0.500. The minimum absolute atomic E-state index is 0.0476. The summed E-state index contributed by atoms with van der Waals surface area (Å²) >= 11 is 1.21. The van der Waals surface area contributed by atoms with Crippen LogP contribution in [0.5, 0.6) is 5.75 Å². The number of aliphatic imine (C=N–C) groups is 1. The van der Waals surface area contributed by atoms with Crippen LogP contribution < -0.4 is 4.74 Å². The molecule has 1 N–H and O–H groups in total. The number of fused-ring (bicyclic) bond motifs is 1. The van der Waals surface area contributed by atoms with E-state index >= 15 is 0 Å². The standard InChI is InChI=1S/C26H22FN5O2S/c1-15-6-4-9-21(10-15)34-14-23-30-32-24(28)22(25(33)29-26(32)35-23)12-18-11-16(2)31(17(18)3)20-8-5-7-19(27)13-20/h4-13,28H,14H2,1-3H3/b22-12-,28-24?. The Hall–Kier alpha value is -3.98. The van der Waals surface area contributed by atoms with Gasteiger partial charge in [-0.05, 0) is 86.1 Å². The fourth-order valence-electron chi connectivity index (χ4n) is 4.04. The van der Waals surface area contributed by atoms with E-state index in [9.17, 15) is 9.18 Å². The lowest BCUT2D eigenvalue weighted by atomic mass is 10.1. The number of nitrogens with zero attached hydrogens (tertiary/aromatic N) is 4. The Kier molecular flexibility index (Phi) is 5.86. The predicted octanol–water partition coefficient (Wildman–Crippen LogP) is 5.24. The smallest absolute Gasteiger partial charge is 0.283 e. The van der Waals surface area contributed by atoms with E-state index in [4.69, 9.17) is 10.1 Å². The molecule has 0 spiro atoms. The van der Waals surface area contributed by atoms with E-state index < -0.39 is 5.91 Å². The number of hydrogen-bond acceptors (Lipinski definition) is 5. The Morgan fingerprint density at radius 1 is 1.11 bits per heavy atom. The van der Waals surface area contributed by atoms with Crippen LogP contribution in [0.4, 0.5) is 4.39 Å². The van der Waals surface area contributed by atoms with Gasteiger partial charge >= 0.3 is 0 Å². The number of hydrazone groups is 1. The van der Waals surface area contributed by atoms with Crippen LogP contribution in [-0.4, -0.2) is 38.1 Å². The molecular weight excluding hydrogens is 465 g/mol. The number of amidine groups is 2. The van der Waals surface area contributed by atoms with Crippen LogP contribution in [0.2, 0.25) is 0 Å². The van der Waals surface area contributed by atoms with Crippen LogP contribution in [0.3, 0.4) is 0 Å². The molecule has 9 heteroatoms. The minimum Gasteiger partial charge on any atom is -0.487 e. The molecule has 1 aromatic heterocycles. The van der Waals surface area contributed by atoms with Crippen LogP contribution in [-0.2, 0) is 4.79 Å². The van der Waals surface area contributed by atoms with Crippen molar-refractivity contribution in [3.8, 4) is 11.4 Å². The Morgan fingerprint density at radius 2 is 1.91 bits per heavy atom. The Balaban J connectivity index is 1.40. The van der Waals surface area contributed by atoms with Gasteiger partial charge in [-0.15, -0.1) is 0 Å². The molecule has 0 aliphatic carbocycles. The molecule has 0 unspecified atom stereocenters. The molecule has 0 fully saturated rings. The zero-order chi connectivity index (χ0) is 24.7.